The number of hydrogen-bond acceptors (Lipinski definition) is 2. The van der Waals surface area contributed by atoms with E-state index in [0.29, 0.717) is 6.04 Å². The third-order valence-corrected chi connectivity index (χ3v) is 3.33. The molecule has 2 aromatic rings. The van der Waals surface area contributed by atoms with Gasteiger partial charge in [0.25, 0.3) is 0 Å². The average molecular weight is 294 g/mol. The van der Waals surface area contributed by atoms with E-state index in [1.165, 1.54) is 5.56 Å². The first-order valence-electron chi connectivity index (χ1n) is 5.67. The van der Waals surface area contributed by atoms with Crippen molar-refractivity contribution in [3.8, 4) is 0 Å². The molecule has 4 heteroatoms. The normalized spacial score (nSPS) is 14.5. The summed E-state index contributed by atoms with van der Waals surface area (Å²) >= 11 is 3.49. The van der Waals surface area contributed by atoms with Crippen LogP contribution in [-0.2, 0) is 0 Å². The minimum absolute atomic E-state index is 0.256. The van der Waals surface area contributed by atoms with Crippen molar-refractivity contribution in [2.75, 3.05) is 0 Å². The Balaban J connectivity index is 2.04. The van der Waals surface area contributed by atoms with Gasteiger partial charge in [-0.05, 0) is 37.6 Å². The van der Waals surface area contributed by atoms with Crippen LogP contribution >= 0.6 is 15.9 Å². The third-order valence-electron chi connectivity index (χ3n) is 2.84. The Hall–Kier alpha value is -1.13. The van der Waals surface area contributed by atoms with E-state index in [1.807, 2.05) is 12.1 Å². The Morgan fingerprint density at radius 2 is 2.06 bits per heavy atom. The van der Waals surface area contributed by atoms with Crippen molar-refractivity contribution in [1.29, 1.82) is 0 Å². The molecule has 2 N–H and O–H groups in total. The summed E-state index contributed by atoms with van der Waals surface area (Å²) in [6.45, 7) is 4.29. The van der Waals surface area contributed by atoms with Crippen LogP contribution in [0.25, 0.3) is 0 Å². The summed E-state index contributed by atoms with van der Waals surface area (Å²) in [5.41, 5.74) is 2.37. The van der Waals surface area contributed by atoms with E-state index in [9.17, 15) is 0 Å². The number of aromatic amines is 1. The number of rotatable bonds is 4. The molecule has 0 bridgehead atoms. The minimum Gasteiger partial charge on any atom is -0.302 e. The lowest BCUT2D eigenvalue weighted by Crippen LogP contribution is -2.22. The zero-order valence-corrected chi connectivity index (χ0v) is 11.5. The van der Waals surface area contributed by atoms with Gasteiger partial charge in [0, 0.05) is 22.8 Å². The van der Waals surface area contributed by atoms with E-state index in [-0.39, 0.29) is 6.04 Å². The monoisotopic (exact) mass is 293 g/mol. The molecule has 0 fully saturated rings. The molecule has 0 saturated heterocycles. The van der Waals surface area contributed by atoms with Crippen molar-refractivity contribution < 1.29 is 0 Å². The molecule has 0 amide bonds. The molecular formula is C13H16BrN3. The number of hydrogen-bond donors (Lipinski definition) is 2. The van der Waals surface area contributed by atoms with Crippen LogP contribution < -0.4 is 5.32 Å². The molecule has 0 aliphatic heterocycles. The largest absolute Gasteiger partial charge is 0.302 e. The number of halogens is 1. The molecule has 17 heavy (non-hydrogen) atoms. The lowest BCUT2D eigenvalue weighted by Gasteiger charge is -2.19. The first-order chi connectivity index (χ1) is 8.16. The van der Waals surface area contributed by atoms with Crippen LogP contribution in [0.5, 0.6) is 0 Å². The Bertz CT molecular complexity index is 467. The molecule has 1 aromatic carbocycles. The van der Waals surface area contributed by atoms with Crippen LogP contribution in [0.3, 0.4) is 0 Å². The molecule has 2 atom stereocenters. The van der Waals surface area contributed by atoms with Crippen molar-refractivity contribution in [3.05, 3.63) is 52.3 Å². The highest BCUT2D eigenvalue weighted by atomic mass is 79.9. The lowest BCUT2D eigenvalue weighted by atomic mass is 10.1. The first kappa shape index (κ1) is 12.3. The van der Waals surface area contributed by atoms with Gasteiger partial charge in [-0.1, -0.05) is 28.1 Å². The van der Waals surface area contributed by atoms with Crippen molar-refractivity contribution in [2.45, 2.75) is 25.9 Å². The number of benzene rings is 1. The molecule has 0 saturated carbocycles. The predicted molar refractivity (Wildman–Crippen MR) is 72.7 cm³/mol. The molecule has 1 heterocycles. The van der Waals surface area contributed by atoms with Crippen molar-refractivity contribution in [1.82, 2.24) is 15.5 Å². The molecule has 0 spiro atoms. The Kier molecular flexibility index (Phi) is 3.97. The number of aromatic nitrogens is 2. The van der Waals surface area contributed by atoms with Crippen LogP contribution in [0.1, 0.15) is 37.2 Å². The van der Waals surface area contributed by atoms with Gasteiger partial charge in [0.1, 0.15) is 0 Å². The molecular weight excluding hydrogens is 278 g/mol. The highest BCUT2D eigenvalue weighted by molar-refractivity contribution is 9.10. The van der Waals surface area contributed by atoms with Crippen LogP contribution in [0.15, 0.2) is 41.0 Å². The topological polar surface area (TPSA) is 40.7 Å². The zero-order chi connectivity index (χ0) is 12.3. The Morgan fingerprint density at radius 3 is 2.71 bits per heavy atom. The van der Waals surface area contributed by atoms with E-state index in [4.69, 9.17) is 0 Å². The van der Waals surface area contributed by atoms with Crippen molar-refractivity contribution in [2.24, 2.45) is 0 Å². The minimum atomic E-state index is 0.256. The second-order valence-corrected chi connectivity index (χ2v) is 5.09. The van der Waals surface area contributed by atoms with Crippen LogP contribution in [0, 0.1) is 0 Å². The SMILES string of the molecule is CC(N[C@@H](C)c1cccc(Br)c1)c1ccn[nH]1. The van der Waals surface area contributed by atoms with Crippen LogP contribution in [-0.4, -0.2) is 10.2 Å². The second kappa shape index (κ2) is 5.47. The van der Waals surface area contributed by atoms with Gasteiger partial charge in [-0.15, -0.1) is 0 Å². The molecule has 2 rings (SSSR count). The standard InChI is InChI=1S/C13H16BrN3/c1-9(11-4-3-5-12(14)8-11)16-10(2)13-6-7-15-17-13/h3-10,16H,1-2H3,(H,15,17)/t9-,10?/m0/s1. The summed E-state index contributed by atoms with van der Waals surface area (Å²) in [6, 6.07) is 10.9. The summed E-state index contributed by atoms with van der Waals surface area (Å²) in [7, 11) is 0. The highest BCUT2D eigenvalue weighted by Crippen LogP contribution is 2.20. The summed E-state index contributed by atoms with van der Waals surface area (Å²) in [4.78, 5) is 0. The maximum Gasteiger partial charge on any atom is 0.0518 e. The summed E-state index contributed by atoms with van der Waals surface area (Å²) in [6.07, 6.45) is 1.78. The van der Waals surface area contributed by atoms with Crippen LogP contribution in [0.4, 0.5) is 0 Å². The Morgan fingerprint density at radius 1 is 1.24 bits per heavy atom. The molecule has 1 unspecified atom stereocenters. The van der Waals surface area contributed by atoms with E-state index < -0.39 is 0 Å². The van der Waals surface area contributed by atoms with Crippen LogP contribution in [0.2, 0.25) is 0 Å². The fraction of sp³-hybridized carbons (Fsp3) is 0.308. The molecule has 0 aliphatic carbocycles. The Labute approximate surface area is 110 Å². The van der Waals surface area contributed by atoms with Gasteiger partial charge >= 0.3 is 0 Å². The maximum absolute atomic E-state index is 3.96. The highest BCUT2D eigenvalue weighted by Gasteiger charge is 2.11. The van der Waals surface area contributed by atoms with Gasteiger partial charge in [-0.2, -0.15) is 5.10 Å². The number of H-pyrrole nitrogens is 1. The lowest BCUT2D eigenvalue weighted by molar-refractivity contribution is 0.485. The van der Waals surface area contributed by atoms with Crippen molar-refractivity contribution >= 4 is 15.9 Å². The fourth-order valence-corrected chi connectivity index (χ4v) is 2.26. The quantitative estimate of drug-likeness (QED) is 0.904. The fourth-order valence-electron chi connectivity index (χ4n) is 1.84. The van der Waals surface area contributed by atoms with Gasteiger partial charge in [-0.3, -0.25) is 5.10 Å². The number of nitrogens with one attached hydrogen (secondary N) is 2. The van der Waals surface area contributed by atoms with Gasteiger partial charge in [0.05, 0.1) is 5.69 Å². The molecule has 0 radical (unpaired) electrons. The summed E-state index contributed by atoms with van der Waals surface area (Å²) in [5.74, 6) is 0. The molecule has 90 valence electrons. The maximum atomic E-state index is 3.96. The van der Waals surface area contributed by atoms with E-state index in [1.54, 1.807) is 6.20 Å². The van der Waals surface area contributed by atoms with E-state index >= 15 is 0 Å². The predicted octanol–water partition coefficient (Wildman–Crippen LogP) is 3.58. The second-order valence-electron chi connectivity index (χ2n) is 4.18. The van der Waals surface area contributed by atoms with E-state index in [2.05, 4.69) is 63.5 Å². The smallest absolute Gasteiger partial charge is 0.0518 e. The zero-order valence-electron chi connectivity index (χ0n) is 9.94. The van der Waals surface area contributed by atoms with Crippen molar-refractivity contribution in [3.63, 3.8) is 0 Å². The first-order valence-corrected chi connectivity index (χ1v) is 6.47. The van der Waals surface area contributed by atoms with Gasteiger partial charge in [0.15, 0.2) is 0 Å². The van der Waals surface area contributed by atoms with E-state index in [0.717, 1.165) is 10.2 Å². The summed E-state index contributed by atoms with van der Waals surface area (Å²) < 4.78 is 1.11. The van der Waals surface area contributed by atoms with Gasteiger partial charge in [0.2, 0.25) is 0 Å². The third kappa shape index (κ3) is 3.17. The molecule has 3 nitrogen and oxygen atoms in total. The molecule has 0 aliphatic rings. The van der Waals surface area contributed by atoms with Gasteiger partial charge in [-0.25, -0.2) is 0 Å². The number of nitrogens with zero attached hydrogens (tertiary/aromatic N) is 1. The molecule has 1 aromatic heterocycles. The average Bonchev–Trinajstić information content (AvgIpc) is 2.82. The summed E-state index contributed by atoms with van der Waals surface area (Å²) in [5, 5.41) is 10.5. The van der Waals surface area contributed by atoms with Gasteiger partial charge < -0.3 is 5.32 Å².